The van der Waals surface area contributed by atoms with E-state index in [9.17, 15) is 4.79 Å². The van der Waals surface area contributed by atoms with Crippen molar-refractivity contribution in [3.05, 3.63) is 47.8 Å². The van der Waals surface area contributed by atoms with Crippen LogP contribution in [0.25, 0.3) is 0 Å². The fraction of sp³-hybridized carbons (Fsp3) is 0.389. The molecule has 1 aliphatic rings. The minimum Gasteiger partial charge on any atom is -0.343 e. The standard InChI is InChI=1S/C18H22N4O/c1-13-5-3-7-17(19-13)21-18-8-4-6-16(20-18)15-9-11-22(12-10-15)14(2)23/h3-8,15H,9-12H2,1-2H3,(H,19,20,21). The van der Waals surface area contributed by atoms with E-state index in [2.05, 4.69) is 16.4 Å². The first-order chi connectivity index (χ1) is 11.1. The second-order valence-electron chi connectivity index (χ2n) is 6.02. The van der Waals surface area contributed by atoms with Crippen LogP contribution in [0.4, 0.5) is 11.6 Å². The smallest absolute Gasteiger partial charge is 0.219 e. The summed E-state index contributed by atoms with van der Waals surface area (Å²) in [7, 11) is 0. The van der Waals surface area contributed by atoms with Crippen molar-refractivity contribution in [3.8, 4) is 0 Å². The molecular weight excluding hydrogens is 288 g/mol. The van der Waals surface area contributed by atoms with E-state index >= 15 is 0 Å². The van der Waals surface area contributed by atoms with Crippen molar-refractivity contribution in [1.29, 1.82) is 0 Å². The Morgan fingerprint density at radius 3 is 2.39 bits per heavy atom. The molecule has 3 rings (SSSR count). The lowest BCUT2D eigenvalue weighted by Gasteiger charge is -2.31. The van der Waals surface area contributed by atoms with Crippen LogP contribution in [-0.2, 0) is 4.79 Å². The lowest BCUT2D eigenvalue weighted by molar-refractivity contribution is -0.129. The van der Waals surface area contributed by atoms with Crippen LogP contribution in [-0.4, -0.2) is 33.9 Å². The maximum atomic E-state index is 11.4. The van der Waals surface area contributed by atoms with Gasteiger partial charge in [-0.05, 0) is 44.0 Å². The summed E-state index contributed by atoms with van der Waals surface area (Å²) in [4.78, 5) is 22.5. The van der Waals surface area contributed by atoms with E-state index in [1.165, 1.54) is 0 Å². The Labute approximate surface area is 136 Å². The van der Waals surface area contributed by atoms with Gasteiger partial charge in [-0.2, -0.15) is 0 Å². The molecule has 2 aromatic heterocycles. The molecule has 0 unspecified atom stereocenters. The number of piperidine rings is 1. The molecule has 0 bridgehead atoms. The Morgan fingerprint density at radius 2 is 1.74 bits per heavy atom. The normalized spacial score (nSPS) is 15.5. The molecule has 1 saturated heterocycles. The molecular formula is C18H22N4O. The van der Waals surface area contributed by atoms with Crippen LogP contribution in [0.15, 0.2) is 36.4 Å². The number of amides is 1. The third kappa shape index (κ3) is 3.86. The number of aryl methyl sites for hydroxylation is 1. The lowest BCUT2D eigenvalue weighted by atomic mass is 9.93. The van der Waals surface area contributed by atoms with E-state index in [-0.39, 0.29) is 5.91 Å². The molecule has 1 N–H and O–H groups in total. The summed E-state index contributed by atoms with van der Waals surface area (Å²) in [6.45, 7) is 5.24. The molecule has 0 saturated carbocycles. The van der Waals surface area contributed by atoms with Crippen LogP contribution in [0.2, 0.25) is 0 Å². The highest BCUT2D eigenvalue weighted by Crippen LogP contribution is 2.27. The Kier molecular flexibility index (Phi) is 4.55. The number of carbonyl (C=O) groups excluding carboxylic acids is 1. The quantitative estimate of drug-likeness (QED) is 0.945. The minimum atomic E-state index is 0.164. The van der Waals surface area contributed by atoms with Crippen LogP contribution in [0, 0.1) is 6.92 Å². The minimum absolute atomic E-state index is 0.164. The first-order valence-corrected chi connectivity index (χ1v) is 8.05. The van der Waals surface area contributed by atoms with E-state index < -0.39 is 0 Å². The average molecular weight is 310 g/mol. The van der Waals surface area contributed by atoms with Crippen LogP contribution in [0.1, 0.15) is 37.1 Å². The summed E-state index contributed by atoms with van der Waals surface area (Å²) < 4.78 is 0. The number of carbonyl (C=O) groups is 1. The fourth-order valence-electron chi connectivity index (χ4n) is 2.98. The zero-order valence-electron chi connectivity index (χ0n) is 13.6. The molecule has 5 nitrogen and oxygen atoms in total. The molecule has 1 aliphatic heterocycles. The molecule has 0 aromatic carbocycles. The highest BCUT2D eigenvalue weighted by Gasteiger charge is 2.22. The highest BCUT2D eigenvalue weighted by molar-refractivity contribution is 5.73. The van der Waals surface area contributed by atoms with Gasteiger partial charge in [0.15, 0.2) is 0 Å². The molecule has 120 valence electrons. The molecule has 23 heavy (non-hydrogen) atoms. The van der Waals surface area contributed by atoms with Crippen molar-refractivity contribution in [2.75, 3.05) is 18.4 Å². The Morgan fingerprint density at radius 1 is 1.09 bits per heavy atom. The summed E-state index contributed by atoms with van der Waals surface area (Å²) >= 11 is 0. The van der Waals surface area contributed by atoms with Crippen molar-refractivity contribution in [1.82, 2.24) is 14.9 Å². The third-order valence-corrected chi connectivity index (χ3v) is 4.27. The second kappa shape index (κ2) is 6.77. The summed E-state index contributed by atoms with van der Waals surface area (Å²) in [6, 6.07) is 11.9. The predicted octanol–water partition coefficient (Wildman–Crippen LogP) is 3.25. The van der Waals surface area contributed by atoms with Gasteiger partial charge >= 0.3 is 0 Å². The van der Waals surface area contributed by atoms with E-state index in [1.54, 1.807) is 6.92 Å². The van der Waals surface area contributed by atoms with Gasteiger partial charge in [0.2, 0.25) is 5.91 Å². The first-order valence-electron chi connectivity index (χ1n) is 8.05. The molecule has 2 aromatic rings. The molecule has 1 amide bonds. The Hall–Kier alpha value is -2.43. The van der Waals surface area contributed by atoms with Gasteiger partial charge in [0.25, 0.3) is 0 Å². The molecule has 1 fully saturated rings. The van der Waals surface area contributed by atoms with E-state index in [0.717, 1.165) is 49.0 Å². The number of hydrogen-bond acceptors (Lipinski definition) is 4. The Balaban J connectivity index is 1.69. The maximum absolute atomic E-state index is 11.4. The largest absolute Gasteiger partial charge is 0.343 e. The van der Waals surface area contributed by atoms with Gasteiger partial charge in [-0.1, -0.05) is 12.1 Å². The molecule has 0 atom stereocenters. The molecule has 0 spiro atoms. The van der Waals surface area contributed by atoms with Gasteiger partial charge in [0, 0.05) is 37.3 Å². The number of anilines is 2. The summed E-state index contributed by atoms with van der Waals surface area (Å²) in [5.41, 5.74) is 2.06. The summed E-state index contributed by atoms with van der Waals surface area (Å²) in [5, 5.41) is 3.26. The van der Waals surface area contributed by atoms with Gasteiger partial charge < -0.3 is 10.2 Å². The number of nitrogens with one attached hydrogen (secondary N) is 1. The van der Waals surface area contributed by atoms with Crippen molar-refractivity contribution >= 4 is 17.5 Å². The van der Waals surface area contributed by atoms with Gasteiger partial charge in [-0.15, -0.1) is 0 Å². The number of rotatable bonds is 3. The zero-order valence-corrected chi connectivity index (χ0v) is 13.6. The van der Waals surface area contributed by atoms with Gasteiger partial charge in [0.05, 0.1) is 0 Å². The SMILES string of the molecule is CC(=O)N1CCC(c2cccc(Nc3cccc(C)n3)n2)CC1. The number of nitrogens with zero attached hydrogens (tertiary/aromatic N) is 3. The number of aromatic nitrogens is 2. The van der Waals surface area contributed by atoms with Gasteiger partial charge in [-0.3, -0.25) is 4.79 Å². The van der Waals surface area contributed by atoms with Gasteiger partial charge in [-0.25, -0.2) is 9.97 Å². The maximum Gasteiger partial charge on any atom is 0.219 e. The first kappa shape index (κ1) is 15.5. The number of hydrogen-bond donors (Lipinski definition) is 1. The summed E-state index contributed by atoms with van der Waals surface area (Å²) in [5.74, 6) is 2.20. The zero-order chi connectivity index (χ0) is 16.2. The van der Waals surface area contributed by atoms with Crippen molar-refractivity contribution in [3.63, 3.8) is 0 Å². The predicted molar refractivity (Wildman–Crippen MR) is 90.7 cm³/mol. The topological polar surface area (TPSA) is 58.1 Å². The summed E-state index contributed by atoms with van der Waals surface area (Å²) in [6.07, 6.45) is 1.94. The van der Waals surface area contributed by atoms with Crippen LogP contribution < -0.4 is 5.32 Å². The Bertz CT molecular complexity index is 693. The number of likely N-dealkylation sites (tertiary alicyclic amines) is 1. The van der Waals surface area contributed by atoms with Gasteiger partial charge in [0.1, 0.15) is 11.6 Å². The monoisotopic (exact) mass is 310 g/mol. The lowest BCUT2D eigenvalue weighted by Crippen LogP contribution is -2.36. The number of pyridine rings is 2. The van der Waals surface area contributed by atoms with Crippen LogP contribution >= 0.6 is 0 Å². The van der Waals surface area contributed by atoms with Crippen molar-refractivity contribution < 1.29 is 4.79 Å². The molecule has 0 radical (unpaired) electrons. The van der Waals surface area contributed by atoms with Crippen molar-refractivity contribution in [2.45, 2.75) is 32.6 Å². The molecule has 0 aliphatic carbocycles. The van der Waals surface area contributed by atoms with E-state index in [1.807, 2.05) is 42.2 Å². The molecule has 5 heteroatoms. The van der Waals surface area contributed by atoms with Crippen LogP contribution in [0.3, 0.4) is 0 Å². The highest BCUT2D eigenvalue weighted by atomic mass is 16.2. The fourth-order valence-corrected chi connectivity index (χ4v) is 2.98. The van der Waals surface area contributed by atoms with E-state index in [0.29, 0.717) is 5.92 Å². The average Bonchev–Trinajstić information content (AvgIpc) is 2.55. The second-order valence-corrected chi connectivity index (χ2v) is 6.02. The van der Waals surface area contributed by atoms with Crippen molar-refractivity contribution in [2.24, 2.45) is 0 Å². The van der Waals surface area contributed by atoms with E-state index in [4.69, 9.17) is 4.98 Å². The third-order valence-electron chi connectivity index (χ3n) is 4.27. The molecule has 3 heterocycles. The van der Waals surface area contributed by atoms with Crippen LogP contribution in [0.5, 0.6) is 0 Å².